The molecule has 2 heterocycles. The van der Waals surface area contributed by atoms with E-state index in [1.165, 1.54) is 4.90 Å². The van der Waals surface area contributed by atoms with Gasteiger partial charge < -0.3 is 29.2 Å². The number of β-lactam (4-membered cyclic amide) rings is 1. The lowest BCUT2D eigenvalue weighted by molar-refractivity contribution is -0.224. The highest BCUT2D eigenvalue weighted by Gasteiger charge is 2.59. The first kappa shape index (κ1) is 31.6. The van der Waals surface area contributed by atoms with Crippen LogP contribution in [0, 0.1) is 5.41 Å². The molecule has 1 N–H and O–H groups in total. The number of fused-ring (bicyclic) bond motifs is 1. The smallest absolute Gasteiger partial charge is 0.248 e. The molecule has 2 aromatic rings. The summed E-state index contributed by atoms with van der Waals surface area (Å²) in [6.45, 7) is 15.9. The Morgan fingerprint density at radius 2 is 1.77 bits per heavy atom. The van der Waals surface area contributed by atoms with E-state index in [4.69, 9.17) is 9.15 Å². The lowest BCUT2D eigenvalue weighted by Gasteiger charge is -2.54. The number of carbonyl (C=O) groups excluding carboxylic acids is 3. The van der Waals surface area contributed by atoms with E-state index < -0.39 is 11.6 Å². The molecular formula is C31H48N4O5. The van der Waals surface area contributed by atoms with Gasteiger partial charge in [-0.25, -0.2) is 0 Å². The number of furan rings is 1. The molecule has 1 saturated heterocycles. The van der Waals surface area contributed by atoms with E-state index in [1.54, 1.807) is 11.2 Å². The van der Waals surface area contributed by atoms with Crippen molar-refractivity contribution in [2.45, 2.75) is 79.5 Å². The molecule has 0 spiro atoms. The molecule has 0 aliphatic carbocycles. The quantitative estimate of drug-likeness (QED) is 0.287. The molecule has 9 heteroatoms. The lowest BCUT2D eigenvalue weighted by Crippen LogP contribution is -2.71. The van der Waals surface area contributed by atoms with Crippen molar-refractivity contribution in [2.24, 2.45) is 5.41 Å². The van der Waals surface area contributed by atoms with Crippen LogP contribution in [-0.2, 0) is 19.1 Å². The summed E-state index contributed by atoms with van der Waals surface area (Å²) in [6.07, 6.45) is 3.87. The molecule has 1 aliphatic rings. The summed E-state index contributed by atoms with van der Waals surface area (Å²) in [6, 6.07) is 7.64. The lowest BCUT2D eigenvalue weighted by atomic mass is 9.71. The Labute approximate surface area is 239 Å². The number of amides is 3. The summed E-state index contributed by atoms with van der Waals surface area (Å²) in [5.41, 5.74) is 1.09. The number of benzene rings is 1. The third-order valence-corrected chi connectivity index (χ3v) is 8.49. The van der Waals surface area contributed by atoms with Crippen LogP contribution < -0.4 is 5.32 Å². The maximum atomic E-state index is 13.3. The van der Waals surface area contributed by atoms with E-state index in [9.17, 15) is 14.4 Å². The molecule has 2 atom stereocenters. The SMILES string of the molecule is CCC[C@@H](NC(=O)CN1C(=O)C(CC)(CC)[C@@H]1OCC(=O)N(CC)CCN(CC)CC)c1ccc2occc2c1. The van der Waals surface area contributed by atoms with Crippen LogP contribution >= 0.6 is 0 Å². The van der Waals surface area contributed by atoms with Gasteiger partial charge >= 0.3 is 0 Å². The molecule has 40 heavy (non-hydrogen) atoms. The van der Waals surface area contributed by atoms with Gasteiger partial charge in [-0.3, -0.25) is 14.4 Å². The standard InChI is InChI=1S/C31H48N4O5/c1-7-13-25(23-14-15-26-24(20-23)16-19-39-26)32-27(36)21-35-29(38)31(8-2,9-3)30(35)40-22-28(37)34(12-6)18-17-33(10-4)11-5/h14-16,19-20,25,30H,7-13,17-18,21-22H2,1-6H3,(H,32,36)/t25-,30+/m1/s1. The highest BCUT2D eigenvalue weighted by Crippen LogP contribution is 2.45. The third kappa shape index (κ3) is 6.86. The molecule has 9 nitrogen and oxygen atoms in total. The zero-order valence-electron chi connectivity index (χ0n) is 25.2. The van der Waals surface area contributed by atoms with E-state index in [-0.39, 0.29) is 36.9 Å². The van der Waals surface area contributed by atoms with Crippen molar-refractivity contribution >= 4 is 28.7 Å². The Bertz CT molecular complexity index is 1120. The van der Waals surface area contributed by atoms with Crippen LogP contribution in [0.5, 0.6) is 0 Å². The highest BCUT2D eigenvalue weighted by molar-refractivity contribution is 5.93. The molecule has 0 saturated carbocycles. The van der Waals surface area contributed by atoms with Crippen molar-refractivity contribution < 1.29 is 23.5 Å². The van der Waals surface area contributed by atoms with Crippen LogP contribution in [0.25, 0.3) is 11.0 Å². The monoisotopic (exact) mass is 556 g/mol. The molecular weight excluding hydrogens is 508 g/mol. The van der Waals surface area contributed by atoms with Crippen LogP contribution in [0.1, 0.15) is 78.8 Å². The fourth-order valence-electron chi connectivity index (χ4n) is 5.75. The van der Waals surface area contributed by atoms with E-state index in [0.717, 1.165) is 49.0 Å². The Kier molecular flexibility index (Phi) is 11.6. The van der Waals surface area contributed by atoms with Gasteiger partial charge in [0.05, 0.1) is 17.7 Å². The number of ether oxygens (including phenoxy) is 1. The maximum absolute atomic E-state index is 13.3. The topological polar surface area (TPSA) is 95.3 Å². The number of likely N-dealkylation sites (tertiary alicyclic amines) is 1. The summed E-state index contributed by atoms with van der Waals surface area (Å²) < 4.78 is 11.6. The minimum atomic E-state index is -0.714. The molecule has 1 aromatic heterocycles. The molecule has 222 valence electrons. The van der Waals surface area contributed by atoms with Crippen LogP contribution in [0.4, 0.5) is 0 Å². The zero-order valence-corrected chi connectivity index (χ0v) is 25.2. The summed E-state index contributed by atoms with van der Waals surface area (Å²) >= 11 is 0. The number of rotatable bonds is 17. The van der Waals surface area contributed by atoms with Crippen LogP contribution in [-0.4, -0.2) is 84.5 Å². The molecule has 0 bridgehead atoms. The van der Waals surface area contributed by atoms with Crippen LogP contribution in [0.3, 0.4) is 0 Å². The van der Waals surface area contributed by atoms with Gasteiger partial charge in [0.25, 0.3) is 0 Å². The number of nitrogens with zero attached hydrogens (tertiary/aromatic N) is 3. The van der Waals surface area contributed by atoms with Gasteiger partial charge in [0.15, 0.2) is 0 Å². The first-order valence-corrected chi connectivity index (χ1v) is 15.0. The van der Waals surface area contributed by atoms with E-state index in [2.05, 4.69) is 31.0 Å². The Morgan fingerprint density at radius 3 is 2.40 bits per heavy atom. The Hall–Kier alpha value is -2.91. The second-order valence-electron chi connectivity index (χ2n) is 10.6. The minimum absolute atomic E-state index is 0.0918. The predicted molar refractivity (Wildman–Crippen MR) is 157 cm³/mol. The van der Waals surface area contributed by atoms with Crippen molar-refractivity contribution in [2.75, 3.05) is 45.9 Å². The summed E-state index contributed by atoms with van der Waals surface area (Å²) in [7, 11) is 0. The minimum Gasteiger partial charge on any atom is -0.464 e. The average molecular weight is 557 g/mol. The van der Waals surface area contributed by atoms with Gasteiger partial charge in [0.1, 0.15) is 25.0 Å². The molecule has 1 aromatic carbocycles. The van der Waals surface area contributed by atoms with E-state index in [0.29, 0.717) is 25.9 Å². The number of likely N-dealkylation sites (N-methyl/N-ethyl adjacent to an activating group) is 2. The molecule has 0 radical (unpaired) electrons. The summed E-state index contributed by atoms with van der Waals surface area (Å²) in [5, 5.41) is 4.11. The molecule has 0 unspecified atom stereocenters. The fourth-order valence-corrected chi connectivity index (χ4v) is 5.75. The summed E-state index contributed by atoms with van der Waals surface area (Å²) in [5.74, 6) is -0.433. The summed E-state index contributed by atoms with van der Waals surface area (Å²) in [4.78, 5) is 45.2. The first-order valence-electron chi connectivity index (χ1n) is 15.0. The zero-order chi connectivity index (χ0) is 29.3. The largest absolute Gasteiger partial charge is 0.464 e. The van der Waals surface area contributed by atoms with Gasteiger partial charge in [-0.05, 0) is 63.0 Å². The molecule has 1 aliphatic heterocycles. The number of hydrogen-bond donors (Lipinski definition) is 1. The number of nitrogens with one attached hydrogen (secondary N) is 1. The second kappa shape index (κ2) is 14.6. The maximum Gasteiger partial charge on any atom is 0.248 e. The van der Waals surface area contributed by atoms with Crippen molar-refractivity contribution in [3.8, 4) is 0 Å². The fraction of sp³-hybridized carbons (Fsp3) is 0.645. The van der Waals surface area contributed by atoms with Crippen molar-refractivity contribution in [3.05, 3.63) is 36.1 Å². The van der Waals surface area contributed by atoms with E-state index in [1.807, 2.05) is 45.0 Å². The molecule has 3 amide bonds. The van der Waals surface area contributed by atoms with E-state index >= 15 is 0 Å². The van der Waals surface area contributed by atoms with Crippen LogP contribution in [0.2, 0.25) is 0 Å². The van der Waals surface area contributed by atoms with Crippen molar-refractivity contribution in [1.82, 2.24) is 20.0 Å². The van der Waals surface area contributed by atoms with Gasteiger partial charge in [0, 0.05) is 25.0 Å². The van der Waals surface area contributed by atoms with Gasteiger partial charge in [-0.15, -0.1) is 0 Å². The molecule has 3 rings (SSSR count). The first-order chi connectivity index (χ1) is 19.3. The Balaban J connectivity index is 1.66. The van der Waals surface area contributed by atoms with Crippen molar-refractivity contribution in [1.29, 1.82) is 0 Å². The Morgan fingerprint density at radius 1 is 1.05 bits per heavy atom. The van der Waals surface area contributed by atoms with Crippen LogP contribution in [0.15, 0.2) is 34.9 Å². The average Bonchev–Trinajstić information content (AvgIpc) is 3.44. The van der Waals surface area contributed by atoms with Gasteiger partial charge in [-0.1, -0.05) is 47.1 Å². The second-order valence-corrected chi connectivity index (χ2v) is 10.6. The highest BCUT2D eigenvalue weighted by atomic mass is 16.5. The number of carbonyl (C=O) groups is 3. The van der Waals surface area contributed by atoms with Gasteiger partial charge in [-0.2, -0.15) is 0 Å². The normalized spacial score (nSPS) is 17.2. The number of hydrogen-bond acceptors (Lipinski definition) is 6. The van der Waals surface area contributed by atoms with Crippen molar-refractivity contribution in [3.63, 3.8) is 0 Å². The third-order valence-electron chi connectivity index (χ3n) is 8.49. The predicted octanol–water partition coefficient (Wildman–Crippen LogP) is 4.57. The van der Waals surface area contributed by atoms with Gasteiger partial charge in [0.2, 0.25) is 17.7 Å². The molecule has 1 fully saturated rings.